The predicted molar refractivity (Wildman–Crippen MR) is 77.5 cm³/mol. The highest BCUT2D eigenvalue weighted by atomic mass is 16.6. The van der Waals surface area contributed by atoms with Crippen LogP contribution in [0.3, 0.4) is 0 Å². The number of amides is 1. The Morgan fingerprint density at radius 2 is 2.26 bits per heavy atom. The molecule has 0 radical (unpaired) electrons. The maximum atomic E-state index is 12.4. The Hall–Kier alpha value is -2.68. The van der Waals surface area contributed by atoms with E-state index in [1.54, 1.807) is 0 Å². The molecule has 0 aromatic heterocycles. The van der Waals surface area contributed by atoms with Crippen molar-refractivity contribution in [3.05, 3.63) is 33.9 Å². The summed E-state index contributed by atoms with van der Waals surface area (Å²) < 4.78 is 10.1. The number of rotatable bonds is 6. The van der Waals surface area contributed by atoms with Gasteiger partial charge in [-0.15, -0.1) is 0 Å². The van der Waals surface area contributed by atoms with E-state index >= 15 is 0 Å². The van der Waals surface area contributed by atoms with Gasteiger partial charge in [0.2, 0.25) is 0 Å². The van der Waals surface area contributed by atoms with Gasteiger partial charge in [0.1, 0.15) is 0 Å². The predicted octanol–water partition coefficient (Wildman–Crippen LogP) is 0.967. The van der Waals surface area contributed by atoms with Gasteiger partial charge in [0.25, 0.3) is 5.91 Å². The standard InChI is InChI=1S/C14H16N2O7/c1-22-11-6-9(2-3-10(11)16(20)21)13(19)15-14(7-12(17)18)4-5-23-8-14/h2-3,6H,4-5,7-8H2,1H3,(H,15,19)(H,17,18). The fraction of sp³-hybridized carbons (Fsp3) is 0.429. The van der Waals surface area contributed by atoms with Crippen LogP contribution in [0.1, 0.15) is 23.2 Å². The molecule has 1 aromatic rings. The summed E-state index contributed by atoms with van der Waals surface area (Å²) in [5.41, 5.74) is -1.09. The van der Waals surface area contributed by atoms with E-state index in [0.717, 1.165) is 0 Å². The minimum atomic E-state index is -1.04. The van der Waals surface area contributed by atoms with E-state index in [9.17, 15) is 19.7 Å². The van der Waals surface area contributed by atoms with Crippen LogP contribution in [0.15, 0.2) is 18.2 Å². The molecule has 1 atom stereocenters. The summed E-state index contributed by atoms with van der Waals surface area (Å²) in [6.45, 7) is 0.465. The second kappa shape index (κ2) is 6.61. The van der Waals surface area contributed by atoms with Gasteiger partial charge in [-0.3, -0.25) is 19.7 Å². The van der Waals surface area contributed by atoms with E-state index in [2.05, 4.69) is 5.32 Å². The monoisotopic (exact) mass is 324 g/mol. The summed E-state index contributed by atoms with van der Waals surface area (Å²) in [4.78, 5) is 33.6. The number of carbonyl (C=O) groups excluding carboxylic acids is 1. The van der Waals surface area contributed by atoms with E-state index in [1.165, 1.54) is 25.3 Å². The zero-order valence-corrected chi connectivity index (χ0v) is 12.4. The molecule has 23 heavy (non-hydrogen) atoms. The highest BCUT2D eigenvalue weighted by molar-refractivity contribution is 5.96. The van der Waals surface area contributed by atoms with Crippen molar-refractivity contribution in [3.63, 3.8) is 0 Å². The van der Waals surface area contributed by atoms with Crippen molar-refractivity contribution in [2.45, 2.75) is 18.4 Å². The van der Waals surface area contributed by atoms with Crippen molar-refractivity contribution < 1.29 is 29.1 Å². The Balaban J connectivity index is 2.22. The molecule has 1 amide bonds. The first kappa shape index (κ1) is 16.7. The lowest BCUT2D eigenvalue weighted by molar-refractivity contribution is -0.385. The van der Waals surface area contributed by atoms with E-state index in [0.29, 0.717) is 13.0 Å². The number of aliphatic carboxylic acids is 1. The minimum absolute atomic E-state index is 0.0439. The van der Waals surface area contributed by atoms with Gasteiger partial charge < -0.3 is 19.9 Å². The Labute approximate surface area is 131 Å². The van der Waals surface area contributed by atoms with Gasteiger partial charge in [0, 0.05) is 24.3 Å². The lowest BCUT2D eigenvalue weighted by atomic mass is 9.93. The van der Waals surface area contributed by atoms with Crippen LogP contribution in [-0.2, 0) is 9.53 Å². The Kier molecular flexibility index (Phi) is 4.80. The van der Waals surface area contributed by atoms with E-state index < -0.39 is 22.3 Å². The van der Waals surface area contributed by atoms with Gasteiger partial charge in [-0.25, -0.2) is 0 Å². The van der Waals surface area contributed by atoms with Gasteiger partial charge >= 0.3 is 11.7 Å². The molecule has 1 saturated heterocycles. The maximum absolute atomic E-state index is 12.4. The fourth-order valence-corrected chi connectivity index (χ4v) is 2.46. The molecule has 9 nitrogen and oxygen atoms in total. The molecule has 2 N–H and O–H groups in total. The fourth-order valence-electron chi connectivity index (χ4n) is 2.46. The number of carbonyl (C=O) groups is 2. The Morgan fingerprint density at radius 3 is 2.78 bits per heavy atom. The van der Waals surface area contributed by atoms with Crippen molar-refractivity contribution in [2.75, 3.05) is 20.3 Å². The van der Waals surface area contributed by atoms with Crippen LogP contribution in [0.4, 0.5) is 5.69 Å². The van der Waals surface area contributed by atoms with Gasteiger partial charge in [-0.1, -0.05) is 0 Å². The summed E-state index contributed by atoms with van der Waals surface area (Å²) in [7, 11) is 1.26. The summed E-state index contributed by atoms with van der Waals surface area (Å²) in [6.07, 6.45) is 0.123. The molecular weight excluding hydrogens is 308 g/mol. The minimum Gasteiger partial charge on any atom is -0.490 e. The summed E-state index contributed by atoms with van der Waals surface area (Å²) in [5, 5.41) is 22.5. The second-order valence-electron chi connectivity index (χ2n) is 5.25. The van der Waals surface area contributed by atoms with Crippen LogP contribution in [0.25, 0.3) is 0 Å². The van der Waals surface area contributed by atoms with Crippen LogP contribution in [0, 0.1) is 10.1 Å². The van der Waals surface area contributed by atoms with E-state index in [-0.39, 0.29) is 30.0 Å². The molecule has 0 saturated carbocycles. The molecule has 0 spiro atoms. The van der Waals surface area contributed by atoms with Crippen LogP contribution in [0.5, 0.6) is 5.75 Å². The maximum Gasteiger partial charge on any atom is 0.310 e. The zero-order valence-electron chi connectivity index (χ0n) is 12.4. The SMILES string of the molecule is COc1cc(C(=O)NC2(CC(=O)O)CCOC2)ccc1[N+](=O)[O-]. The van der Waals surface area contributed by atoms with Crippen LogP contribution >= 0.6 is 0 Å². The molecule has 0 aliphatic carbocycles. The lowest BCUT2D eigenvalue weighted by Gasteiger charge is -2.27. The zero-order chi connectivity index (χ0) is 17.0. The van der Waals surface area contributed by atoms with Crippen LogP contribution in [-0.4, -0.2) is 47.8 Å². The number of nitro benzene ring substituents is 1. The molecular formula is C14H16N2O7. The van der Waals surface area contributed by atoms with Gasteiger partial charge in [-0.2, -0.15) is 0 Å². The number of methoxy groups -OCH3 is 1. The number of ether oxygens (including phenoxy) is 2. The van der Waals surface area contributed by atoms with Crippen LogP contribution < -0.4 is 10.1 Å². The molecule has 1 aliphatic rings. The first-order valence-corrected chi connectivity index (χ1v) is 6.81. The molecule has 1 heterocycles. The lowest BCUT2D eigenvalue weighted by Crippen LogP contribution is -2.50. The van der Waals surface area contributed by atoms with Crippen molar-refractivity contribution in [3.8, 4) is 5.75 Å². The normalized spacial score (nSPS) is 20.0. The van der Waals surface area contributed by atoms with E-state index in [1.807, 2.05) is 0 Å². The van der Waals surface area contributed by atoms with Crippen molar-refractivity contribution in [1.29, 1.82) is 0 Å². The number of hydrogen-bond donors (Lipinski definition) is 2. The number of carboxylic acids is 1. The van der Waals surface area contributed by atoms with Gasteiger partial charge in [0.15, 0.2) is 5.75 Å². The van der Waals surface area contributed by atoms with E-state index in [4.69, 9.17) is 14.6 Å². The first-order chi connectivity index (χ1) is 10.9. The smallest absolute Gasteiger partial charge is 0.310 e. The number of nitro groups is 1. The number of nitrogens with one attached hydrogen (secondary N) is 1. The summed E-state index contributed by atoms with van der Waals surface area (Å²) in [5.74, 6) is -1.63. The Morgan fingerprint density at radius 1 is 1.52 bits per heavy atom. The molecule has 1 fully saturated rings. The van der Waals surface area contributed by atoms with Crippen LogP contribution in [0.2, 0.25) is 0 Å². The molecule has 9 heteroatoms. The number of carboxylic acid groups (broad SMARTS) is 1. The highest BCUT2D eigenvalue weighted by Gasteiger charge is 2.39. The molecule has 0 bridgehead atoms. The average molecular weight is 324 g/mol. The molecule has 124 valence electrons. The number of hydrogen-bond acceptors (Lipinski definition) is 6. The largest absolute Gasteiger partial charge is 0.490 e. The molecule has 2 rings (SSSR count). The van der Waals surface area contributed by atoms with Crippen molar-refractivity contribution in [1.82, 2.24) is 5.32 Å². The molecule has 1 aliphatic heterocycles. The third-order valence-corrected chi connectivity index (χ3v) is 3.61. The summed E-state index contributed by atoms with van der Waals surface area (Å²) in [6, 6.07) is 3.71. The Bertz CT molecular complexity index is 638. The summed E-state index contributed by atoms with van der Waals surface area (Å²) >= 11 is 0. The number of benzene rings is 1. The third kappa shape index (κ3) is 3.75. The first-order valence-electron chi connectivity index (χ1n) is 6.81. The van der Waals surface area contributed by atoms with Crippen molar-refractivity contribution in [2.24, 2.45) is 0 Å². The second-order valence-corrected chi connectivity index (χ2v) is 5.25. The van der Waals surface area contributed by atoms with Crippen molar-refractivity contribution >= 4 is 17.6 Å². The topological polar surface area (TPSA) is 128 Å². The van der Waals surface area contributed by atoms with Gasteiger partial charge in [0.05, 0.1) is 30.6 Å². The third-order valence-electron chi connectivity index (χ3n) is 3.61. The number of nitrogens with zero attached hydrogens (tertiary/aromatic N) is 1. The van der Waals surface area contributed by atoms with Gasteiger partial charge in [-0.05, 0) is 12.5 Å². The molecule has 1 unspecified atom stereocenters. The average Bonchev–Trinajstić information content (AvgIpc) is 2.93. The quantitative estimate of drug-likeness (QED) is 0.589. The highest BCUT2D eigenvalue weighted by Crippen LogP contribution is 2.28. The molecule has 1 aromatic carbocycles.